The van der Waals surface area contributed by atoms with Gasteiger partial charge in [0.2, 0.25) is 5.95 Å². The number of aromatic nitrogens is 7. The maximum Gasteiger partial charge on any atom is 0.230 e. The molecule has 1 aromatic carbocycles. The number of nitriles is 1. The number of nitrogens with zero attached hydrogens (tertiary/aromatic N) is 7. The SMILES string of the molecule is COc1ccc(-n2nnc3cnc(Nc4nc[nH]c4C#N)nc32)cc1. The third kappa shape index (κ3) is 2.59. The number of hydrogen-bond donors (Lipinski definition) is 2. The van der Waals surface area contributed by atoms with Gasteiger partial charge in [0.05, 0.1) is 25.3 Å². The van der Waals surface area contributed by atoms with Gasteiger partial charge in [0.1, 0.15) is 11.8 Å². The van der Waals surface area contributed by atoms with Crippen molar-refractivity contribution in [3.05, 3.63) is 42.5 Å². The van der Waals surface area contributed by atoms with Gasteiger partial charge in [-0.1, -0.05) is 5.21 Å². The van der Waals surface area contributed by atoms with Crippen molar-refractivity contribution in [2.24, 2.45) is 0 Å². The summed E-state index contributed by atoms with van der Waals surface area (Å²) in [5, 5.41) is 20.1. The molecule has 10 heteroatoms. The van der Waals surface area contributed by atoms with E-state index in [4.69, 9.17) is 10.00 Å². The maximum absolute atomic E-state index is 9.02. The summed E-state index contributed by atoms with van der Waals surface area (Å²) in [5.74, 6) is 1.38. The fraction of sp³-hybridized carbons (Fsp3) is 0.0667. The lowest BCUT2D eigenvalue weighted by atomic mass is 10.3. The standard InChI is InChI=1S/C15H11N9O/c1-25-10-4-2-9(3-5-10)24-14-12(22-23-24)7-17-15(21-14)20-13-11(6-16)18-8-19-13/h2-5,7-8H,1H3,(H,18,19)(H,17,20,21). The highest BCUT2D eigenvalue weighted by Gasteiger charge is 2.12. The van der Waals surface area contributed by atoms with Crippen LogP contribution in [0.3, 0.4) is 0 Å². The van der Waals surface area contributed by atoms with Gasteiger partial charge in [-0.05, 0) is 24.3 Å². The minimum Gasteiger partial charge on any atom is -0.497 e. The Kier molecular flexibility index (Phi) is 3.44. The topological polar surface area (TPSA) is 130 Å². The molecule has 4 rings (SSSR count). The Balaban J connectivity index is 1.73. The van der Waals surface area contributed by atoms with E-state index in [-0.39, 0.29) is 5.95 Å². The van der Waals surface area contributed by atoms with E-state index in [9.17, 15) is 0 Å². The third-order valence-corrected chi connectivity index (χ3v) is 3.49. The Hall–Kier alpha value is -4.00. The fourth-order valence-corrected chi connectivity index (χ4v) is 2.27. The van der Waals surface area contributed by atoms with Gasteiger partial charge in [0.25, 0.3) is 0 Å². The summed E-state index contributed by atoms with van der Waals surface area (Å²) < 4.78 is 6.75. The van der Waals surface area contributed by atoms with Crippen LogP contribution in [0.25, 0.3) is 16.9 Å². The molecule has 0 bridgehead atoms. The summed E-state index contributed by atoms with van der Waals surface area (Å²) >= 11 is 0. The summed E-state index contributed by atoms with van der Waals surface area (Å²) in [6.07, 6.45) is 2.97. The predicted molar refractivity (Wildman–Crippen MR) is 87.6 cm³/mol. The van der Waals surface area contributed by atoms with Crippen LogP contribution in [-0.4, -0.2) is 42.0 Å². The average Bonchev–Trinajstić information content (AvgIpc) is 3.28. The summed E-state index contributed by atoms with van der Waals surface area (Å²) in [5.41, 5.74) is 2.15. The fourth-order valence-electron chi connectivity index (χ4n) is 2.27. The molecule has 4 aromatic rings. The van der Waals surface area contributed by atoms with E-state index < -0.39 is 0 Å². The van der Waals surface area contributed by atoms with Crippen molar-refractivity contribution in [3.8, 4) is 17.5 Å². The zero-order valence-corrected chi connectivity index (χ0v) is 13.0. The van der Waals surface area contributed by atoms with Crippen LogP contribution in [0.15, 0.2) is 36.8 Å². The Labute approximate surface area is 141 Å². The highest BCUT2D eigenvalue weighted by atomic mass is 16.5. The number of aromatic amines is 1. The largest absolute Gasteiger partial charge is 0.497 e. The van der Waals surface area contributed by atoms with Gasteiger partial charge in [0.15, 0.2) is 22.7 Å². The molecule has 0 unspecified atom stereocenters. The number of methoxy groups -OCH3 is 1. The summed E-state index contributed by atoms with van der Waals surface area (Å²) in [6, 6.07) is 9.35. The van der Waals surface area contributed by atoms with Crippen LogP contribution >= 0.6 is 0 Å². The summed E-state index contributed by atoms with van der Waals surface area (Å²) in [6.45, 7) is 0. The molecule has 3 aromatic heterocycles. The zero-order valence-electron chi connectivity index (χ0n) is 13.0. The molecule has 25 heavy (non-hydrogen) atoms. The summed E-state index contributed by atoms with van der Waals surface area (Å²) in [7, 11) is 1.61. The molecule has 0 fully saturated rings. The van der Waals surface area contributed by atoms with E-state index in [0.29, 0.717) is 22.7 Å². The van der Waals surface area contributed by atoms with E-state index in [1.807, 2.05) is 30.3 Å². The highest BCUT2D eigenvalue weighted by molar-refractivity contribution is 5.72. The van der Waals surface area contributed by atoms with Gasteiger partial charge >= 0.3 is 0 Å². The number of hydrogen-bond acceptors (Lipinski definition) is 8. The Morgan fingerprint density at radius 2 is 2.08 bits per heavy atom. The number of H-pyrrole nitrogens is 1. The lowest BCUT2D eigenvalue weighted by molar-refractivity contribution is 0.414. The molecule has 2 N–H and O–H groups in total. The lowest BCUT2D eigenvalue weighted by Gasteiger charge is -2.05. The van der Waals surface area contributed by atoms with Crippen molar-refractivity contribution < 1.29 is 4.74 Å². The molecule has 0 aliphatic carbocycles. The Bertz CT molecular complexity index is 1070. The van der Waals surface area contributed by atoms with E-state index in [0.717, 1.165) is 11.4 Å². The lowest BCUT2D eigenvalue weighted by Crippen LogP contribution is -2.02. The maximum atomic E-state index is 9.02. The molecule has 0 atom stereocenters. The van der Waals surface area contributed by atoms with Gasteiger partial charge in [-0.3, -0.25) is 0 Å². The van der Waals surface area contributed by atoms with Crippen molar-refractivity contribution in [2.75, 3.05) is 12.4 Å². The number of rotatable bonds is 4. The van der Waals surface area contributed by atoms with Crippen LogP contribution in [0.2, 0.25) is 0 Å². The Morgan fingerprint density at radius 1 is 1.24 bits per heavy atom. The van der Waals surface area contributed by atoms with Gasteiger partial charge in [-0.15, -0.1) is 5.10 Å². The second kappa shape index (κ2) is 5.89. The van der Waals surface area contributed by atoms with Crippen molar-refractivity contribution in [2.45, 2.75) is 0 Å². The third-order valence-electron chi connectivity index (χ3n) is 3.49. The van der Waals surface area contributed by atoms with E-state index in [2.05, 4.69) is 35.6 Å². The highest BCUT2D eigenvalue weighted by Crippen LogP contribution is 2.19. The van der Waals surface area contributed by atoms with Crippen LogP contribution in [0.5, 0.6) is 5.75 Å². The molecule has 3 heterocycles. The van der Waals surface area contributed by atoms with E-state index in [1.54, 1.807) is 18.0 Å². The van der Waals surface area contributed by atoms with Crippen LogP contribution in [0.1, 0.15) is 5.69 Å². The van der Waals surface area contributed by atoms with Crippen LogP contribution in [0, 0.1) is 11.3 Å². The normalized spacial score (nSPS) is 10.6. The second-order valence-electron chi connectivity index (χ2n) is 4.96. The number of benzene rings is 1. The summed E-state index contributed by atoms with van der Waals surface area (Å²) in [4.78, 5) is 15.3. The molecule has 0 amide bonds. The van der Waals surface area contributed by atoms with Gasteiger partial charge in [0, 0.05) is 0 Å². The molecule has 0 aliphatic heterocycles. The molecule has 0 radical (unpaired) electrons. The molecular weight excluding hydrogens is 322 g/mol. The first-order valence-electron chi connectivity index (χ1n) is 7.22. The van der Waals surface area contributed by atoms with E-state index >= 15 is 0 Å². The first kappa shape index (κ1) is 14.6. The van der Waals surface area contributed by atoms with Crippen LogP contribution < -0.4 is 10.1 Å². The van der Waals surface area contributed by atoms with Crippen LogP contribution in [-0.2, 0) is 0 Å². The average molecular weight is 333 g/mol. The monoisotopic (exact) mass is 333 g/mol. The molecular formula is C15H11N9O. The smallest absolute Gasteiger partial charge is 0.230 e. The predicted octanol–water partition coefficient (Wildman–Crippen LogP) is 1.56. The number of nitrogens with one attached hydrogen (secondary N) is 2. The van der Waals surface area contributed by atoms with Crippen molar-refractivity contribution >= 4 is 22.9 Å². The number of imidazole rings is 1. The molecule has 10 nitrogen and oxygen atoms in total. The number of fused-ring (bicyclic) bond motifs is 1. The quantitative estimate of drug-likeness (QED) is 0.575. The van der Waals surface area contributed by atoms with E-state index in [1.165, 1.54) is 6.33 Å². The Morgan fingerprint density at radius 3 is 2.84 bits per heavy atom. The molecule has 0 spiro atoms. The first-order chi connectivity index (χ1) is 12.3. The molecule has 122 valence electrons. The first-order valence-corrected chi connectivity index (χ1v) is 7.22. The van der Waals surface area contributed by atoms with Crippen molar-refractivity contribution in [1.29, 1.82) is 5.26 Å². The van der Waals surface area contributed by atoms with Crippen molar-refractivity contribution in [1.82, 2.24) is 34.9 Å². The molecule has 0 saturated carbocycles. The van der Waals surface area contributed by atoms with Gasteiger partial charge in [-0.25, -0.2) is 9.97 Å². The number of anilines is 2. The van der Waals surface area contributed by atoms with Gasteiger partial charge < -0.3 is 15.0 Å². The minimum atomic E-state index is 0.285. The molecule has 0 saturated heterocycles. The number of ether oxygens (including phenoxy) is 1. The minimum absolute atomic E-state index is 0.285. The van der Waals surface area contributed by atoms with Crippen molar-refractivity contribution in [3.63, 3.8) is 0 Å². The van der Waals surface area contributed by atoms with Crippen LogP contribution in [0.4, 0.5) is 11.8 Å². The van der Waals surface area contributed by atoms with Gasteiger partial charge in [-0.2, -0.15) is 14.9 Å². The second-order valence-corrected chi connectivity index (χ2v) is 4.96. The zero-order chi connectivity index (χ0) is 17.2. The molecule has 0 aliphatic rings.